The number of carbonyl (C=O) groups is 3. The molecule has 0 heterocycles. The van der Waals surface area contributed by atoms with E-state index >= 15 is 0 Å². The van der Waals surface area contributed by atoms with Gasteiger partial charge in [0.15, 0.2) is 18.1 Å². The molecule has 0 radical (unpaired) electrons. The molecule has 0 fully saturated rings. The van der Waals surface area contributed by atoms with Crippen molar-refractivity contribution < 1.29 is 28.6 Å². The molecular weight excluding hydrogens is 376 g/mol. The molecule has 2 aromatic rings. The van der Waals surface area contributed by atoms with Gasteiger partial charge in [-0.15, -0.1) is 0 Å². The van der Waals surface area contributed by atoms with Crippen molar-refractivity contribution in [2.75, 3.05) is 39.7 Å². The summed E-state index contributed by atoms with van der Waals surface area (Å²) in [6, 6.07) is 11.8. The van der Waals surface area contributed by atoms with E-state index in [9.17, 15) is 14.4 Å². The van der Waals surface area contributed by atoms with E-state index in [-0.39, 0.29) is 18.0 Å². The quantitative estimate of drug-likeness (QED) is 0.683. The van der Waals surface area contributed by atoms with Crippen molar-refractivity contribution >= 4 is 23.5 Å². The molecule has 0 aliphatic heterocycles. The number of aryl methyl sites for hydroxylation is 1. The number of carbonyl (C=O) groups excluding carboxylic acids is 3. The van der Waals surface area contributed by atoms with Crippen LogP contribution < -0.4 is 14.8 Å². The van der Waals surface area contributed by atoms with E-state index in [1.807, 2.05) is 19.1 Å². The maximum atomic E-state index is 12.2. The summed E-state index contributed by atoms with van der Waals surface area (Å²) in [7, 11) is 4.40. The van der Waals surface area contributed by atoms with Crippen molar-refractivity contribution in [3.05, 3.63) is 53.6 Å². The van der Waals surface area contributed by atoms with Crippen LogP contribution in [0.3, 0.4) is 0 Å². The van der Waals surface area contributed by atoms with Crippen LogP contribution in [0.4, 0.5) is 5.69 Å². The third kappa shape index (κ3) is 6.24. The van der Waals surface area contributed by atoms with E-state index in [2.05, 4.69) is 5.32 Å². The van der Waals surface area contributed by atoms with Gasteiger partial charge in [0.2, 0.25) is 5.91 Å². The molecule has 0 saturated carbocycles. The highest BCUT2D eigenvalue weighted by molar-refractivity contribution is 5.95. The third-order valence-corrected chi connectivity index (χ3v) is 4.09. The number of likely N-dealkylation sites (N-methyl/N-ethyl adjacent to an activating group) is 1. The van der Waals surface area contributed by atoms with Crippen LogP contribution >= 0.6 is 0 Å². The number of hydrogen-bond acceptors (Lipinski definition) is 6. The molecule has 1 N–H and O–H groups in total. The molecule has 0 spiro atoms. The second-order valence-electron chi connectivity index (χ2n) is 6.31. The summed E-state index contributed by atoms with van der Waals surface area (Å²) in [5, 5.41) is 2.70. The standard InChI is InChI=1S/C21H24N2O6/c1-14-5-8-16(9-6-14)22-19(24)12-23(2)20(25)13-29-21(26)15-7-10-17(27-3)18(11-15)28-4/h5-11H,12-13H2,1-4H3,(H,22,24). The van der Waals surface area contributed by atoms with Gasteiger partial charge in [-0.2, -0.15) is 0 Å². The Bertz CT molecular complexity index is 879. The van der Waals surface area contributed by atoms with Crippen LogP contribution in [0.15, 0.2) is 42.5 Å². The number of rotatable bonds is 8. The van der Waals surface area contributed by atoms with E-state index in [1.165, 1.54) is 38.3 Å². The first kappa shape index (κ1) is 21.7. The van der Waals surface area contributed by atoms with Crippen molar-refractivity contribution in [1.29, 1.82) is 0 Å². The zero-order valence-electron chi connectivity index (χ0n) is 16.9. The summed E-state index contributed by atoms with van der Waals surface area (Å²) in [4.78, 5) is 37.6. The Morgan fingerprint density at radius 3 is 2.24 bits per heavy atom. The van der Waals surface area contributed by atoms with Gasteiger partial charge in [0, 0.05) is 12.7 Å². The topological polar surface area (TPSA) is 94.2 Å². The summed E-state index contributed by atoms with van der Waals surface area (Å²) >= 11 is 0. The first-order valence-corrected chi connectivity index (χ1v) is 8.83. The molecule has 154 valence electrons. The molecular formula is C21H24N2O6. The fourth-order valence-electron chi connectivity index (χ4n) is 2.43. The van der Waals surface area contributed by atoms with Crippen LogP contribution in [-0.2, 0) is 14.3 Å². The van der Waals surface area contributed by atoms with Gasteiger partial charge in [-0.05, 0) is 37.3 Å². The Morgan fingerprint density at radius 1 is 0.966 bits per heavy atom. The van der Waals surface area contributed by atoms with E-state index in [1.54, 1.807) is 18.2 Å². The lowest BCUT2D eigenvalue weighted by atomic mass is 10.2. The monoisotopic (exact) mass is 400 g/mol. The molecule has 8 heteroatoms. The molecule has 0 aliphatic rings. The summed E-state index contributed by atoms with van der Waals surface area (Å²) in [6.07, 6.45) is 0. The van der Waals surface area contributed by atoms with Crippen molar-refractivity contribution in [2.45, 2.75) is 6.92 Å². The highest BCUT2D eigenvalue weighted by Crippen LogP contribution is 2.27. The molecule has 0 saturated heterocycles. The normalized spacial score (nSPS) is 10.1. The van der Waals surface area contributed by atoms with E-state index in [4.69, 9.17) is 14.2 Å². The minimum atomic E-state index is -0.684. The summed E-state index contributed by atoms with van der Waals surface area (Å²) in [5.41, 5.74) is 1.93. The molecule has 0 aliphatic carbocycles. The first-order chi connectivity index (χ1) is 13.8. The lowest BCUT2D eigenvalue weighted by Crippen LogP contribution is -2.37. The number of nitrogens with zero attached hydrogens (tertiary/aromatic N) is 1. The Morgan fingerprint density at radius 2 is 1.62 bits per heavy atom. The highest BCUT2D eigenvalue weighted by atomic mass is 16.5. The molecule has 2 rings (SSSR count). The Balaban J connectivity index is 1.85. The number of amides is 2. The molecule has 0 bridgehead atoms. The molecule has 2 amide bonds. The van der Waals surface area contributed by atoms with Crippen LogP contribution in [0.1, 0.15) is 15.9 Å². The van der Waals surface area contributed by atoms with Crippen LogP contribution in [-0.4, -0.2) is 57.1 Å². The van der Waals surface area contributed by atoms with Gasteiger partial charge in [-0.3, -0.25) is 9.59 Å². The van der Waals surface area contributed by atoms with Gasteiger partial charge in [0.05, 0.1) is 26.3 Å². The molecule has 8 nitrogen and oxygen atoms in total. The van der Waals surface area contributed by atoms with Gasteiger partial charge < -0.3 is 24.4 Å². The van der Waals surface area contributed by atoms with Crippen molar-refractivity contribution in [2.24, 2.45) is 0 Å². The predicted octanol–water partition coefficient (Wildman–Crippen LogP) is 2.27. The SMILES string of the molecule is COc1ccc(C(=O)OCC(=O)N(C)CC(=O)Nc2ccc(C)cc2)cc1OC. The largest absolute Gasteiger partial charge is 0.493 e. The number of esters is 1. The number of methoxy groups -OCH3 is 2. The number of benzene rings is 2. The van der Waals surface area contributed by atoms with E-state index in [0.717, 1.165) is 5.56 Å². The molecule has 29 heavy (non-hydrogen) atoms. The average molecular weight is 400 g/mol. The first-order valence-electron chi connectivity index (χ1n) is 8.83. The Kier molecular flexibility index (Phi) is 7.59. The Labute approximate surface area is 169 Å². The smallest absolute Gasteiger partial charge is 0.338 e. The summed E-state index contributed by atoms with van der Waals surface area (Å²) < 4.78 is 15.3. The van der Waals surface area contributed by atoms with Crippen LogP contribution in [0.2, 0.25) is 0 Å². The fourth-order valence-corrected chi connectivity index (χ4v) is 2.43. The maximum Gasteiger partial charge on any atom is 0.338 e. The predicted molar refractivity (Wildman–Crippen MR) is 107 cm³/mol. The molecule has 0 atom stereocenters. The second kappa shape index (κ2) is 10.1. The number of anilines is 1. The van der Waals surface area contributed by atoms with Crippen LogP contribution in [0.25, 0.3) is 0 Å². The Hall–Kier alpha value is -3.55. The zero-order chi connectivity index (χ0) is 21.4. The maximum absolute atomic E-state index is 12.2. The third-order valence-electron chi connectivity index (χ3n) is 4.09. The minimum Gasteiger partial charge on any atom is -0.493 e. The van der Waals surface area contributed by atoms with Gasteiger partial charge in [0.1, 0.15) is 0 Å². The summed E-state index contributed by atoms with van der Waals surface area (Å²) in [5.74, 6) is -0.691. The van der Waals surface area contributed by atoms with Gasteiger partial charge >= 0.3 is 5.97 Å². The molecule has 2 aromatic carbocycles. The second-order valence-corrected chi connectivity index (χ2v) is 6.31. The lowest BCUT2D eigenvalue weighted by molar-refractivity contribution is -0.136. The van der Waals surface area contributed by atoms with Crippen LogP contribution in [0, 0.1) is 6.92 Å². The van der Waals surface area contributed by atoms with Crippen LogP contribution in [0.5, 0.6) is 11.5 Å². The van der Waals surface area contributed by atoms with Crippen molar-refractivity contribution in [1.82, 2.24) is 4.90 Å². The summed E-state index contributed by atoms with van der Waals surface area (Å²) in [6.45, 7) is 1.30. The van der Waals surface area contributed by atoms with E-state index < -0.39 is 18.5 Å². The van der Waals surface area contributed by atoms with Crippen molar-refractivity contribution in [3.8, 4) is 11.5 Å². The van der Waals surface area contributed by atoms with E-state index in [0.29, 0.717) is 17.2 Å². The fraction of sp³-hybridized carbons (Fsp3) is 0.286. The number of nitrogens with one attached hydrogen (secondary N) is 1. The van der Waals surface area contributed by atoms with Gasteiger partial charge in [0.25, 0.3) is 5.91 Å². The molecule has 0 aromatic heterocycles. The van der Waals surface area contributed by atoms with Crippen molar-refractivity contribution in [3.63, 3.8) is 0 Å². The number of hydrogen-bond donors (Lipinski definition) is 1. The molecule has 0 unspecified atom stereocenters. The zero-order valence-corrected chi connectivity index (χ0v) is 16.9. The lowest BCUT2D eigenvalue weighted by Gasteiger charge is -2.17. The van der Waals surface area contributed by atoms with Gasteiger partial charge in [-0.25, -0.2) is 4.79 Å². The number of ether oxygens (including phenoxy) is 3. The van der Waals surface area contributed by atoms with Gasteiger partial charge in [-0.1, -0.05) is 17.7 Å². The highest BCUT2D eigenvalue weighted by Gasteiger charge is 2.17. The average Bonchev–Trinajstić information content (AvgIpc) is 2.72. The minimum absolute atomic E-state index is 0.166.